The number of carbonyl (C=O) groups is 1. The Bertz CT molecular complexity index is 258. The highest BCUT2D eigenvalue weighted by Crippen LogP contribution is 2.38. The number of ether oxygens (including phenoxy) is 2. The third-order valence-corrected chi connectivity index (χ3v) is 3.77. The molecule has 2 rings (SSSR count). The minimum absolute atomic E-state index is 0.0961. The number of rotatable bonds is 3. The first-order valence-electron chi connectivity index (χ1n) is 6.06. The zero-order valence-electron chi connectivity index (χ0n) is 9.78. The largest absolute Gasteiger partial charge is 0.481 e. The van der Waals surface area contributed by atoms with Crippen LogP contribution in [0.3, 0.4) is 0 Å². The maximum atomic E-state index is 10.8. The van der Waals surface area contributed by atoms with Crippen LogP contribution in [0, 0.1) is 11.8 Å². The lowest BCUT2D eigenvalue weighted by Gasteiger charge is -2.37. The summed E-state index contributed by atoms with van der Waals surface area (Å²) in [6, 6.07) is 0. The molecule has 2 aliphatic heterocycles. The Hall–Kier alpha value is -0.610. The van der Waals surface area contributed by atoms with Crippen molar-refractivity contribution in [1.82, 2.24) is 0 Å². The van der Waals surface area contributed by atoms with E-state index in [1.807, 2.05) is 0 Å². The van der Waals surface area contributed by atoms with Crippen LogP contribution in [0.25, 0.3) is 0 Å². The molecule has 0 aromatic carbocycles. The summed E-state index contributed by atoms with van der Waals surface area (Å²) in [5.41, 5.74) is -0.0961. The summed E-state index contributed by atoms with van der Waals surface area (Å²) in [5.74, 6) is -0.466. The summed E-state index contributed by atoms with van der Waals surface area (Å²) >= 11 is 0. The zero-order chi connectivity index (χ0) is 11.6. The Morgan fingerprint density at radius 2 is 2.38 bits per heavy atom. The second-order valence-electron chi connectivity index (χ2n) is 5.17. The van der Waals surface area contributed by atoms with Crippen molar-refractivity contribution in [3.63, 3.8) is 0 Å². The fraction of sp³-hybridized carbons (Fsp3) is 0.917. The van der Waals surface area contributed by atoms with E-state index >= 15 is 0 Å². The molecular formula is C12H20O4. The fourth-order valence-electron chi connectivity index (χ4n) is 2.79. The standard InChI is InChI=1S/C12H20O4/c1-9(11(13)14)6-10-2-4-16-12(7-10)3-5-15-8-12/h9-10H,2-8H2,1H3,(H,13,14). The molecule has 4 heteroatoms. The van der Waals surface area contributed by atoms with Gasteiger partial charge in [-0.25, -0.2) is 0 Å². The Kier molecular flexibility index (Phi) is 3.50. The molecule has 92 valence electrons. The van der Waals surface area contributed by atoms with Crippen molar-refractivity contribution in [3.8, 4) is 0 Å². The topological polar surface area (TPSA) is 55.8 Å². The lowest BCUT2D eigenvalue weighted by atomic mass is 9.81. The summed E-state index contributed by atoms with van der Waals surface area (Å²) in [5, 5.41) is 8.91. The minimum Gasteiger partial charge on any atom is -0.481 e. The minimum atomic E-state index is -0.691. The van der Waals surface area contributed by atoms with Crippen LogP contribution >= 0.6 is 0 Å². The molecule has 2 aliphatic rings. The van der Waals surface area contributed by atoms with Gasteiger partial charge in [0.05, 0.1) is 18.1 Å². The SMILES string of the molecule is CC(CC1CCOC2(CCOC2)C1)C(=O)O. The van der Waals surface area contributed by atoms with Crippen molar-refractivity contribution in [2.75, 3.05) is 19.8 Å². The van der Waals surface area contributed by atoms with Crippen LogP contribution in [0.15, 0.2) is 0 Å². The van der Waals surface area contributed by atoms with E-state index < -0.39 is 5.97 Å². The molecule has 1 N–H and O–H groups in total. The monoisotopic (exact) mass is 228 g/mol. The quantitative estimate of drug-likeness (QED) is 0.798. The molecule has 3 atom stereocenters. The second-order valence-corrected chi connectivity index (χ2v) is 5.17. The van der Waals surface area contributed by atoms with Gasteiger partial charge < -0.3 is 14.6 Å². The molecule has 0 radical (unpaired) electrons. The van der Waals surface area contributed by atoms with Gasteiger partial charge in [-0.1, -0.05) is 6.92 Å². The van der Waals surface area contributed by atoms with Gasteiger partial charge in [-0.2, -0.15) is 0 Å². The van der Waals surface area contributed by atoms with E-state index in [9.17, 15) is 4.79 Å². The lowest BCUT2D eigenvalue weighted by Crippen LogP contribution is -2.41. The maximum absolute atomic E-state index is 10.8. The van der Waals surface area contributed by atoms with Crippen LogP contribution in [0.4, 0.5) is 0 Å². The van der Waals surface area contributed by atoms with Gasteiger partial charge >= 0.3 is 5.97 Å². The zero-order valence-corrected chi connectivity index (χ0v) is 9.78. The van der Waals surface area contributed by atoms with Crippen molar-refractivity contribution in [1.29, 1.82) is 0 Å². The maximum Gasteiger partial charge on any atom is 0.306 e. The van der Waals surface area contributed by atoms with Crippen LogP contribution in [-0.4, -0.2) is 36.5 Å². The highest BCUT2D eigenvalue weighted by molar-refractivity contribution is 5.69. The summed E-state index contributed by atoms with van der Waals surface area (Å²) < 4.78 is 11.2. The van der Waals surface area contributed by atoms with Crippen LogP contribution in [0.5, 0.6) is 0 Å². The molecule has 2 saturated heterocycles. The summed E-state index contributed by atoms with van der Waals surface area (Å²) in [6.45, 7) is 4.00. The van der Waals surface area contributed by atoms with Crippen molar-refractivity contribution in [3.05, 3.63) is 0 Å². The summed E-state index contributed by atoms with van der Waals surface area (Å²) in [6.07, 6.45) is 3.68. The van der Waals surface area contributed by atoms with Crippen LogP contribution in [0.2, 0.25) is 0 Å². The molecule has 0 amide bonds. The van der Waals surface area contributed by atoms with Crippen LogP contribution in [-0.2, 0) is 14.3 Å². The van der Waals surface area contributed by atoms with Gasteiger partial charge in [0.15, 0.2) is 0 Å². The predicted octanol–water partition coefficient (Wildman–Crippen LogP) is 1.68. The molecule has 3 unspecified atom stereocenters. The van der Waals surface area contributed by atoms with E-state index in [1.165, 1.54) is 0 Å². The predicted molar refractivity (Wildman–Crippen MR) is 58.3 cm³/mol. The van der Waals surface area contributed by atoms with Crippen LogP contribution < -0.4 is 0 Å². The van der Waals surface area contributed by atoms with Crippen molar-refractivity contribution in [2.24, 2.45) is 11.8 Å². The van der Waals surface area contributed by atoms with E-state index in [4.69, 9.17) is 14.6 Å². The smallest absolute Gasteiger partial charge is 0.306 e. The summed E-state index contributed by atoms with van der Waals surface area (Å²) in [4.78, 5) is 10.8. The molecular weight excluding hydrogens is 208 g/mol. The number of carboxylic acid groups (broad SMARTS) is 1. The van der Waals surface area contributed by atoms with Gasteiger partial charge in [0.2, 0.25) is 0 Å². The Labute approximate surface area is 95.9 Å². The van der Waals surface area contributed by atoms with Crippen LogP contribution in [0.1, 0.15) is 32.6 Å². The molecule has 4 nitrogen and oxygen atoms in total. The Balaban J connectivity index is 1.89. The van der Waals surface area contributed by atoms with E-state index in [0.29, 0.717) is 12.5 Å². The van der Waals surface area contributed by atoms with Gasteiger partial charge in [0.25, 0.3) is 0 Å². The molecule has 0 saturated carbocycles. The number of hydrogen-bond donors (Lipinski definition) is 1. The Morgan fingerprint density at radius 3 is 3.00 bits per heavy atom. The summed E-state index contributed by atoms with van der Waals surface area (Å²) in [7, 11) is 0. The average molecular weight is 228 g/mol. The van der Waals surface area contributed by atoms with E-state index in [-0.39, 0.29) is 11.5 Å². The van der Waals surface area contributed by atoms with Gasteiger partial charge in [-0.3, -0.25) is 4.79 Å². The molecule has 2 heterocycles. The third-order valence-electron chi connectivity index (χ3n) is 3.77. The normalized spacial score (nSPS) is 36.4. The first-order valence-corrected chi connectivity index (χ1v) is 6.06. The first-order chi connectivity index (χ1) is 7.61. The van der Waals surface area contributed by atoms with E-state index in [0.717, 1.165) is 38.9 Å². The highest BCUT2D eigenvalue weighted by Gasteiger charge is 2.41. The number of hydrogen-bond acceptors (Lipinski definition) is 3. The van der Waals surface area contributed by atoms with Gasteiger partial charge in [-0.15, -0.1) is 0 Å². The van der Waals surface area contributed by atoms with Crippen molar-refractivity contribution in [2.45, 2.75) is 38.2 Å². The molecule has 0 aliphatic carbocycles. The van der Waals surface area contributed by atoms with Crippen molar-refractivity contribution >= 4 is 5.97 Å². The number of aliphatic carboxylic acids is 1. The first kappa shape index (κ1) is 11.9. The Morgan fingerprint density at radius 1 is 1.56 bits per heavy atom. The van der Waals surface area contributed by atoms with E-state index in [2.05, 4.69) is 0 Å². The van der Waals surface area contributed by atoms with E-state index in [1.54, 1.807) is 6.92 Å². The van der Waals surface area contributed by atoms with Gasteiger partial charge in [0.1, 0.15) is 0 Å². The molecule has 0 aromatic rings. The molecule has 0 aromatic heterocycles. The average Bonchev–Trinajstić information content (AvgIpc) is 2.66. The molecule has 0 bridgehead atoms. The van der Waals surface area contributed by atoms with Gasteiger partial charge in [-0.05, 0) is 25.2 Å². The molecule has 1 spiro atoms. The molecule has 2 fully saturated rings. The second kappa shape index (κ2) is 4.72. The fourth-order valence-corrected chi connectivity index (χ4v) is 2.79. The number of carboxylic acids is 1. The highest BCUT2D eigenvalue weighted by atomic mass is 16.6. The lowest BCUT2D eigenvalue weighted by molar-refractivity contribution is -0.143. The van der Waals surface area contributed by atoms with Crippen molar-refractivity contribution < 1.29 is 19.4 Å². The molecule has 16 heavy (non-hydrogen) atoms. The third kappa shape index (κ3) is 2.55. The van der Waals surface area contributed by atoms with Gasteiger partial charge in [0, 0.05) is 19.6 Å².